The topological polar surface area (TPSA) is 70.4 Å². The van der Waals surface area contributed by atoms with Gasteiger partial charge in [0.25, 0.3) is 0 Å². The molecule has 0 fully saturated rings. The Labute approximate surface area is 145 Å². The molecule has 2 N–H and O–H groups in total. The number of hydrogen-bond donors (Lipinski definition) is 2. The molecule has 0 unspecified atom stereocenters. The van der Waals surface area contributed by atoms with Gasteiger partial charge in [-0.05, 0) is 43.0 Å². The molecule has 2 aromatic heterocycles. The van der Waals surface area contributed by atoms with E-state index in [0.717, 1.165) is 33.3 Å². The van der Waals surface area contributed by atoms with Gasteiger partial charge in [-0.1, -0.05) is 15.9 Å². The van der Waals surface area contributed by atoms with Gasteiger partial charge in [-0.25, -0.2) is 9.97 Å². The first-order valence-corrected chi connectivity index (χ1v) is 8.86. The Morgan fingerprint density at radius 3 is 3.13 bits per heavy atom. The number of halogens is 1. The minimum absolute atomic E-state index is 0.183. The van der Waals surface area contributed by atoms with Crippen LogP contribution in [0.2, 0.25) is 0 Å². The first-order chi connectivity index (χ1) is 11.2. The Balaban J connectivity index is 1.66. The molecule has 3 aromatic rings. The summed E-state index contributed by atoms with van der Waals surface area (Å²) < 4.78 is 0.886. The average Bonchev–Trinajstić information content (AvgIpc) is 3.11. The predicted octanol–water partition coefficient (Wildman–Crippen LogP) is 4.09. The van der Waals surface area contributed by atoms with Crippen LogP contribution in [0.5, 0.6) is 5.75 Å². The number of aryl methyl sites for hydroxylation is 2. The number of phenolic OH excluding ortho intramolecular Hbond substituents is 1. The SMILES string of the molecule is Oc1ccc(Br)cc1C=NNc1ncnc2sc3c(c12)CCC3. The third-order valence-electron chi connectivity index (χ3n) is 3.87. The van der Waals surface area contributed by atoms with Gasteiger partial charge in [-0.15, -0.1) is 11.3 Å². The van der Waals surface area contributed by atoms with Crippen molar-refractivity contribution in [1.82, 2.24) is 9.97 Å². The molecule has 0 radical (unpaired) electrons. The van der Waals surface area contributed by atoms with E-state index in [9.17, 15) is 5.11 Å². The maximum absolute atomic E-state index is 9.83. The van der Waals surface area contributed by atoms with Crippen LogP contribution in [0.1, 0.15) is 22.4 Å². The van der Waals surface area contributed by atoms with Crippen LogP contribution in [0.3, 0.4) is 0 Å². The normalized spacial score (nSPS) is 13.8. The van der Waals surface area contributed by atoms with Gasteiger partial charge in [-0.3, -0.25) is 5.43 Å². The van der Waals surface area contributed by atoms with Crippen LogP contribution in [0, 0.1) is 0 Å². The number of anilines is 1. The number of aromatic nitrogens is 2. The van der Waals surface area contributed by atoms with Gasteiger partial charge in [0.05, 0.1) is 11.6 Å². The summed E-state index contributed by atoms with van der Waals surface area (Å²) in [5.41, 5.74) is 4.98. The first-order valence-electron chi connectivity index (χ1n) is 7.25. The number of rotatable bonds is 3. The van der Waals surface area contributed by atoms with Gasteiger partial charge in [0.15, 0.2) is 5.82 Å². The van der Waals surface area contributed by atoms with Gasteiger partial charge in [-0.2, -0.15) is 5.10 Å². The lowest BCUT2D eigenvalue weighted by Crippen LogP contribution is -1.96. The summed E-state index contributed by atoms with van der Waals surface area (Å²) in [6, 6.07) is 5.21. The molecule has 1 aliphatic carbocycles. The monoisotopic (exact) mass is 388 g/mol. The zero-order valence-electron chi connectivity index (χ0n) is 12.1. The number of hydrazone groups is 1. The molecule has 0 atom stereocenters. The van der Waals surface area contributed by atoms with Gasteiger partial charge < -0.3 is 5.11 Å². The highest BCUT2D eigenvalue weighted by Crippen LogP contribution is 2.38. The van der Waals surface area contributed by atoms with Crippen LogP contribution < -0.4 is 5.43 Å². The van der Waals surface area contributed by atoms with Crippen molar-refractivity contribution in [2.24, 2.45) is 5.10 Å². The second-order valence-electron chi connectivity index (χ2n) is 5.33. The Morgan fingerprint density at radius 2 is 2.22 bits per heavy atom. The molecule has 0 saturated carbocycles. The second kappa shape index (κ2) is 5.90. The molecule has 116 valence electrons. The van der Waals surface area contributed by atoms with Crippen molar-refractivity contribution in [2.75, 3.05) is 5.43 Å². The largest absolute Gasteiger partial charge is 0.507 e. The number of fused-ring (bicyclic) bond motifs is 3. The highest BCUT2D eigenvalue weighted by atomic mass is 79.9. The van der Waals surface area contributed by atoms with E-state index in [1.54, 1.807) is 42.1 Å². The van der Waals surface area contributed by atoms with Crippen molar-refractivity contribution in [3.63, 3.8) is 0 Å². The molecule has 2 heterocycles. The van der Waals surface area contributed by atoms with Crippen LogP contribution in [0.4, 0.5) is 5.82 Å². The number of benzene rings is 1. The third kappa shape index (κ3) is 2.70. The van der Waals surface area contributed by atoms with Crippen LogP contribution in [0.25, 0.3) is 10.2 Å². The number of phenols is 1. The summed E-state index contributed by atoms with van der Waals surface area (Å²) >= 11 is 5.13. The zero-order valence-corrected chi connectivity index (χ0v) is 14.5. The highest BCUT2D eigenvalue weighted by molar-refractivity contribution is 9.10. The molecule has 0 amide bonds. The number of thiophene rings is 1. The molecule has 4 rings (SSSR count). The summed E-state index contributed by atoms with van der Waals surface area (Å²) in [6.45, 7) is 0. The van der Waals surface area contributed by atoms with Gasteiger partial charge >= 0.3 is 0 Å². The van der Waals surface area contributed by atoms with Crippen LogP contribution in [-0.4, -0.2) is 21.3 Å². The quantitative estimate of drug-likeness (QED) is 0.523. The van der Waals surface area contributed by atoms with Crippen molar-refractivity contribution in [2.45, 2.75) is 19.3 Å². The van der Waals surface area contributed by atoms with Crippen molar-refractivity contribution >= 4 is 49.5 Å². The second-order valence-corrected chi connectivity index (χ2v) is 7.33. The fourth-order valence-corrected chi connectivity index (χ4v) is 4.41. The van der Waals surface area contributed by atoms with E-state index in [1.165, 1.54) is 16.9 Å². The van der Waals surface area contributed by atoms with Crippen LogP contribution >= 0.6 is 27.3 Å². The molecule has 0 aliphatic heterocycles. The molecule has 0 bridgehead atoms. The first kappa shape index (κ1) is 14.6. The lowest BCUT2D eigenvalue weighted by Gasteiger charge is -2.03. The lowest BCUT2D eigenvalue weighted by atomic mass is 10.2. The predicted molar refractivity (Wildman–Crippen MR) is 96.5 cm³/mol. The zero-order chi connectivity index (χ0) is 15.8. The Kier molecular flexibility index (Phi) is 3.74. The standard InChI is InChI=1S/C16H13BrN4OS/c17-10-4-5-12(22)9(6-10)7-20-21-15-14-11-2-1-3-13(11)23-16(14)19-8-18-15/h4-8,22H,1-3H2,(H,18,19,21). The maximum Gasteiger partial charge on any atom is 0.158 e. The fraction of sp³-hybridized carbons (Fsp3) is 0.188. The summed E-state index contributed by atoms with van der Waals surface area (Å²) in [5.74, 6) is 0.906. The number of aromatic hydroxyl groups is 1. The molecule has 7 heteroatoms. The Bertz CT molecular complexity index is 922. The number of hydrogen-bond acceptors (Lipinski definition) is 6. The molecule has 23 heavy (non-hydrogen) atoms. The minimum Gasteiger partial charge on any atom is -0.507 e. The summed E-state index contributed by atoms with van der Waals surface area (Å²) in [4.78, 5) is 11.1. The number of nitrogens with zero attached hydrogens (tertiary/aromatic N) is 3. The molecule has 1 aliphatic rings. The Hall–Kier alpha value is -1.99. The van der Waals surface area contributed by atoms with E-state index >= 15 is 0 Å². The van der Waals surface area contributed by atoms with Gasteiger partial charge in [0.2, 0.25) is 0 Å². The summed E-state index contributed by atoms with van der Waals surface area (Å²) in [7, 11) is 0. The van der Waals surface area contributed by atoms with E-state index in [4.69, 9.17) is 0 Å². The van der Waals surface area contributed by atoms with E-state index in [2.05, 4.69) is 36.4 Å². The van der Waals surface area contributed by atoms with Crippen molar-refractivity contribution in [3.8, 4) is 5.75 Å². The van der Waals surface area contributed by atoms with Crippen LogP contribution in [0.15, 0.2) is 34.1 Å². The molecular weight excluding hydrogens is 376 g/mol. The smallest absolute Gasteiger partial charge is 0.158 e. The van der Waals surface area contributed by atoms with E-state index < -0.39 is 0 Å². The van der Waals surface area contributed by atoms with Crippen molar-refractivity contribution < 1.29 is 5.11 Å². The van der Waals surface area contributed by atoms with Crippen molar-refractivity contribution in [3.05, 3.63) is 45.0 Å². The molecule has 1 aromatic carbocycles. The number of nitrogens with one attached hydrogen (secondary N) is 1. The maximum atomic E-state index is 9.83. The van der Waals surface area contributed by atoms with Crippen molar-refractivity contribution in [1.29, 1.82) is 0 Å². The highest BCUT2D eigenvalue weighted by Gasteiger charge is 2.20. The van der Waals surface area contributed by atoms with Gasteiger partial charge in [0.1, 0.15) is 16.9 Å². The van der Waals surface area contributed by atoms with E-state index in [-0.39, 0.29) is 5.75 Å². The van der Waals surface area contributed by atoms with Gasteiger partial charge in [0, 0.05) is 14.9 Å². The minimum atomic E-state index is 0.183. The summed E-state index contributed by atoms with van der Waals surface area (Å²) in [5, 5.41) is 15.1. The fourth-order valence-electron chi connectivity index (χ4n) is 2.81. The molecule has 0 saturated heterocycles. The molecule has 5 nitrogen and oxygen atoms in total. The molecular formula is C16H13BrN4OS. The van der Waals surface area contributed by atoms with E-state index in [0.29, 0.717) is 5.56 Å². The lowest BCUT2D eigenvalue weighted by molar-refractivity contribution is 0.474. The summed E-state index contributed by atoms with van der Waals surface area (Å²) in [6.07, 6.45) is 6.54. The average molecular weight is 389 g/mol. The Morgan fingerprint density at radius 1 is 1.30 bits per heavy atom. The van der Waals surface area contributed by atoms with Crippen LogP contribution in [-0.2, 0) is 12.8 Å². The van der Waals surface area contributed by atoms with E-state index in [1.807, 2.05) is 0 Å². The molecule has 0 spiro atoms. The third-order valence-corrected chi connectivity index (χ3v) is 5.56.